The normalized spacial score (nSPS) is 11.5. The number of carboxylic acids is 1. The molecule has 3 nitrogen and oxygen atoms in total. The molecule has 0 aliphatic carbocycles. The average molecular weight is 229 g/mol. The van der Waals surface area contributed by atoms with Gasteiger partial charge in [-0.2, -0.15) is 0 Å². The molecule has 82 valence electrons. The molecule has 0 saturated carbocycles. The second-order valence-electron chi connectivity index (χ2n) is 4.00. The molecule has 0 saturated heterocycles. The third-order valence-electron chi connectivity index (χ3n) is 1.49. The van der Waals surface area contributed by atoms with Gasteiger partial charge < -0.3 is 5.11 Å². The number of rotatable bonds is 2. The first-order chi connectivity index (χ1) is 6.81. The van der Waals surface area contributed by atoms with Gasteiger partial charge in [-0.25, -0.2) is 14.2 Å². The van der Waals surface area contributed by atoms with Gasteiger partial charge in [0.1, 0.15) is 5.03 Å². The van der Waals surface area contributed by atoms with Crippen molar-refractivity contribution in [2.75, 3.05) is 0 Å². The smallest absolute Gasteiger partial charge is 0.338 e. The summed E-state index contributed by atoms with van der Waals surface area (Å²) in [4.78, 5) is 14.5. The Labute approximate surface area is 91.7 Å². The van der Waals surface area contributed by atoms with E-state index in [2.05, 4.69) is 4.98 Å². The summed E-state index contributed by atoms with van der Waals surface area (Å²) in [6, 6.07) is 1.16. The number of nitrogens with zero attached hydrogens (tertiary/aromatic N) is 1. The summed E-state index contributed by atoms with van der Waals surface area (Å²) in [5, 5.41) is 8.84. The van der Waals surface area contributed by atoms with Crippen LogP contribution in [0.15, 0.2) is 17.3 Å². The summed E-state index contributed by atoms with van der Waals surface area (Å²) in [6.07, 6.45) is 1.31. The minimum Gasteiger partial charge on any atom is -0.478 e. The Kier molecular flexibility index (Phi) is 3.34. The van der Waals surface area contributed by atoms with E-state index < -0.39 is 11.8 Å². The van der Waals surface area contributed by atoms with Crippen molar-refractivity contribution >= 4 is 17.7 Å². The topological polar surface area (TPSA) is 50.2 Å². The minimum atomic E-state index is -1.27. The van der Waals surface area contributed by atoms with Crippen molar-refractivity contribution < 1.29 is 14.3 Å². The van der Waals surface area contributed by atoms with Crippen LogP contribution >= 0.6 is 11.8 Å². The molecule has 0 bridgehead atoms. The summed E-state index contributed by atoms with van der Waals surface area (Å²) in [7, 11) is 0. The SMILES string of the molecule is CC(C)(C)Sc1nccc(C(=O)O)c1F. The molecule has 1 aromatic rings. The second kappa shape index (κ2) is 4.18. The zero-order chi connectivity index (χ0) is 11.6. The number of hydrogen-bond acceptors (Lipinski definition) is 3. The monoisotopic (exact) mass is 229 g/mol. The lowest BCUT2D eigenvalue weighted by Crippen LogP contribution is -2.10. The number of carbonyl (C=O) groups is 1. The molecule has 1 rings (SSSR count). The van der Waals surface area contributed by atoms with E-state index in [9.17, 15) is 9.18 Å². The van der Waals surface area contributed by atoms with Gasteiger partial charge in [-0.1, -0.05) is 32.5 Å². The number of aromatic nitrogens is 1. The number of aromatic carboxylic acids is 1. The highest BCUT2D eigenvalue weighted by Crippen LogP contribution is 2.32. The van der Waals surface area contributed by atoms with E-state index in [-0.39, 0.29) is 15.3 Å². The molecule has 15 heavy (non-hydrogen) atoms. The zero-order valence-electron chi connectivity index (χ0n) is 8.74. The zero-order valence-corrected chi connectivity index (χ0v) is 9.56. The van der Waals surface area contributed by atoms with E-state index in [1.165, 1.54) is 18.0 Å². The van der Waals surface area contributed by atoms with E-state index in [4.69, 9.17) is 5.11 Å². The van der Waals surface area contributed by atoms with Crippen molar-refractivity contribution in [2.24, 2.45) is 0 Å². The van der Waals surface area contributed by atoms with Gasteiger partial charge in [-0.15, -0.1) is 0 Å². The molecule has 0 fully saturated rings. The third-order valence-corrected chi connectivity index (χ3v) is 2.58. The van der Waals surface area contributed by atoms with Crippen LogP contribution in [-0.2, 0) is 0 Å². The van der Waals surface area contributed by atoms with Gasteiger partial charge in [0, 0.05) is 10.9 Å². The van der Waals surface area contributed by atoms with Crippen LogP contribution in [0, 0.1) is 5.82 Å². The maximum absolute atomic E-state index is 13.6. The molecular formula is C10H12FNO2S. The Hall–Kier alpha value is -1.10. The first kappa shape index (κ1) is 12.0. The Balaban J connectivity index is 3.10. The number of halogens is 1. The fourth-order valence-corrected chi connectivity index (χ4v) is 1.84. The number of thioether (sulfide) groups is 1. The lowest BCUT2D eigenvalue weighted by molar-refractivity contribution is 0.0691. The molecule has 1 heterocycles. The highest BCUT2D eigenvalue weighted by molar-refractivity contribution is 8.00. The van der Waals surface area contributed by atoms with Crippen LogP contribution in [0.1, 0.15) is 31.1 Å². The van der Waals surface area contributed by atoms with Crippen molar-refractivity contribution in [1.29, 1.82) is 0 Å². The standard InChI is InChI=1S/C10H12FNO2S/c1-10(2,3)15-8-7(11)6(9(13)14)4-5-12-8/h4-5H,1-3H3,(H,13,14). The van der Waals surface area contributed by atoms with Crippen LogP contribution in [0.4, 0.5) is 4.39 Å². The number of hydrogen-bond donors (Lipinski definition) is 1. The van der Waals surface area contributed by atoms with Crippen LogP contribution < -0.4 is 0 Å². The lowest BCUT2D eigenvalue weighted by atomic mass is 10.2. The largest absolute Gasteiger partial charge is 0.478 e. The van der Waals surface area contributed by atoms with Crippen molar-refractivity contribution in [1.82, 2.24) is 4.98 Å². The van der Waals surface area contributed by atoms with Crippen LogP contribution in [0.2, 0.25) is 0 Å². The molecule has 1 aromatic heterocycles. The lowest BCUT2D eigenvalue weighted by Gasteiger charge is -2.17. The Morgan fingerprint density at radius 2 is 2.13 bits per heavy atom. The fraction of sp³-hybridized carbons (Fsp3) is 0.400. The first-order valence-electron chi connectivity index (χ1n) is 4.38. The summed E-state index contributed by atoms with van der Waals surface area (Å²) in [6.45, 7) is 5.73. The second-order valence-corrected chi connectivity index (χ2v) is 5.81. The van der Waals surface area contributed by atoms with Crippen LogP contribution in [0.25, 0.3) is 0 Å². The van der Waals surface area contributed by atoms with E-state index in [0.29, 0.717) is 0 Å². The van der Waals surface area contributed by atoms with Gasteiger partial charge in [0.2, 0.25) is 0 Å². The molecule has 1 N–H and O–H groups in total. The van der Waals surface area contributed by atoms with Gasteiger partial charge in [-0.05, 0) is 6.07 Å². The molecule has 0 aromatic carbocycles. The predicted molar refractivity (Wildman–Crippen MR) is 56.8 cm³/mol. The van der Waals surface area contributed by atoms with Gasteiger partial charge in [0.25, 0.3) is 0 Å². The van der Waals surface area contributed by atoms with Crippen molar-refractivity contribution in [3.8, 4) is 0 Å². The molecule has 0 radical (unpaired) electrons. The first-order valence-corrected chi connectivity index (χ1v) is 5.20. The Morgan fingerprint density at radius 3 is 2.60 bits per heavy atom. The Bertz CT molecular complexity index is 387. The van der Waals surface area contributed by atoms with Gasteiger partial charge in [-0.3, -0.25) is 0 Å². The predicted octanol–water partition coefficient (Wildman–Crippen LogP) is 2.81. The molecule has 0 spiro atoms. The van der Waals surface area contributed by atoms with Gasteiger partial charge >= 0.3 is 5.97 Å². The molecule has 0 atom stereocenters. The van der Waals surface area contributed by atoms with E-state index in [1.807, 2.05) is 20.8 Å². The van der Waals surface area contributed by atoms with Crippen LogP contribution in [-0.4, -0.2) is 20.8 Å². The van der Waals surface area contributed by atoms with Crippen LogP contribution in [0.5, 0.6) is 0 Å². The van der Waals surface area contributed by atoms with E-state index in [0.717, 1.165) is 6.07 Å². The molecule has 0 unspecified atom stereocenters. The summed E-state index contributed by atoms with van der Waals surface area (Å²) < 4.78 is 13.4. The van der Waals surface area contributed by atoms with Gasteiger partial charge in [0.05, 0.1) is 5.56 Å². The van der Waals surface area contributed by atoms with Crippen LogP contribution in [0.3, 0.4) is 0 Å². The summed E-state index contributed by atoms with van der Waals surface area (Å²) in [5.74, 6) is -2.03. The van der Waals surface area contributed by atoms with Crippen molar-refractivity contribution in [2.45, 2.75) is 30.5 Å². The molecule has 5 heteroatoms. The van der Waals surface area contributed by atoms with E-state index in [1.54, 1.807) is 0 Å². The fourth-order valence-electron chi connectivity index (χ4n) is 0.951. The van der Waals surface area contributed by atoms with Crippen molar-refractivity contribution in [3.05, 3.63) is 23.6 Å². The maximum Gasteiger partial charge on any atom is 0.338 e. The minimum absolute atomic E-state index is 0.127. The summed E-state index contributed by atoms with van der Waals surface area (Å²) >= 11 is 1.21. The van der Waals surface area contributed by atoms with Gasteiger partial charge in [0.15, 0.2) is 5.82 Å². The summed E-state index contributed by atoms with van der Waals surface area (Å²) in [5.41, 5.74) is -0.336. The number of carboxylic acid groups (broad SMARTS) is 1. The quantitative estimate of drug-likeness (QED) is 0.792. The number of pyridine rings is 1. The highest BCUT2D eigenvalue weighted by Gasteiger charge is 2.20. The Morgan fingerprint density at radius 1 is 1.53 bits per heavy atom. The third kappa shape index (κ3) is 3.20. The maximum atomic E-state index is 13.6. The molecule has 0 amide bonds. The average Bonchev–Trinajstić information content (AvgIpc) is 2.05. The molecule has 0 aliphatic rings. The highest BCUT2D eigenvalue weighted by atomic mass is 32.2. The molecule has 0 aliphatic heterocycles. The van der Waals surface area contributed by atoms with Crippen molar-refractivity contribution in [3.63, 3.8) is 0 Å². The van der Waals surface area contributed by atoms with E-state index >= 15 is 0 Å². The molecular weight excluding hydrogens is 217 g/mol.